The third-order valence-corrected chi connectivity index (χ3v) is 6.25. The van der Waals surface area contributed by atoms with Crippen LogP contribution in [0, 0.1) is 27.7 Å². The summed E-state index contributed by atoms with van der Waals surface area (Å²) in [6.07, 6.45) is 0. The number of nitrogens with one attached hydrogen (secondary N) is 2. The highest BCUT2D eigenvalue weighted by Gasteiger charge is 2.39. The van der Waals surface area contributed by atoms with Crippen LogP contribution in [0.5, 0.6) is 0 Å². The summed E-state index contributed by atoms with van der Waals surface area (Å²) in [5.41, 5.74) is 6.06. The van der Waals surface area contributed by atoms with Crippen molar-refractivity contribution in [3.63, 3.8) is 0 Å². The van der Waals surface area contributed by atoms with Crippen molar-refractivity contribution in [1.82, 2.24) is 0 Å². The highest BCUT2D eigenvalue weighted by atomic mass is 35.5. The van der Waals surface area contributed by atoms with Crippen LogP contribution in [-0.2, 0) is 9.59 Å². The number of amides is 3. The lowest BCUT2D eigenvalue weighted by atomic mass is 10.1. The van der Waals surface area contributed by atoms with Crippen molar-refractivity contribution in [3.05, 3.63) is 99.2 Å². The normalized spacial score (nSPS) is 13.5. The van der Waals surface area contributed by atoms with Gasteiger partial charge in [0.2, 0.25) is 0 Å². The summed E-state index contributed by atoms with van der Waals surface area (Å²) in [5, 5.41) is 5.68. The van der Waals surface area contributed by atoms with Crippen LogP contribution >= 0.6 is 11.6 Å². The molecule has 6 nitrogen and oxygen atoms in total. The van der Waals surface area contributed by atoms with Crippen LogP contribution in [0.2, 0.25) is 0 Å². The van der Waals surface area contributed by atoms with Crippen LogP contribution in [0.3, 0.4) is 0 Å². The maximum Gasteiger partial charge on any atom is 0.283 e. The molecule has 0 radical (unpaired) electrons. The molecule has 0 fully saturated rings. The van der Waals surface area contributed by atoms with E-state index in [4.69, 9.17) is 11.6 Å². The lowest BCUT2D eigenvalue weighted by Crippen LogP contribution is -2.32. The van der Waals surface area contributed by atoms with Gasteiger partial charge in [-0.05, 0) is 86.3 Å². The number of rotatable bonds is 5. The Labute approximate surface area is 203 Å². The number of anilines is 3. The van der Waals surface area contributed by atoms with E-state index >= 15 is 0 Å². The molecule has 2 N–H and O–H groups in total. The summed E-state index contributed by atoms with van der Waals surface area (Å²) in [7, 11) is 0. The molecule has 34 heavy (non-hydrogen) atoms. The van der Waals surface area contributed by atoms with Crippen LogP contribution in [0.4, 0.5) is 17.1 Å². The first-order valence-electron chi connectivity index (χ1n) is 10.8. The monoisotopic (exact) mass is 473 g/mol. The van der Waals surface area contributed by atoms with Gasteiger partial charge in [0.15, 0.2) is 0 Å². The SMILES string of the molecule is Cc1ccc(C)c(N2C(=O)C(Cl)=C(Nc3ccc(C(=O)Nc4cccc(C)c4C)cc3)C2=O)c1. The topological polar surface area (TPSA) is 78.5 Å². The fraction of sp³-hybridized carbons (Fsp3) is 0.148. The summed E-state index contributed by atoms with van der Waals surface area (Å²) >= 11 is 6.25. The third-order valence-electron chi connectivity index (χ3n) is 5.90. The summed E-state index contributed by atoms with van der Waals surface area (Å²) in [6, 6.07) is 17.9. The zero-order valence-corrected chi connectivity index (χ0v) is 20.1. The second kappa shape index (κ2) is 9.15. The Morgan fingerprint density at radius 1 is 0.853 bits per heavy atom. The predicted octanol–water partition coefficient (Wildman–Crippen LogP) is 5.61. The second-order valence-electron chi connectivity index (χ2n) is 8.33. The van der Waals surface area contributed by atoms with Crippen molar-refractivity contribution >= 4 is 46.4 Å². The number of carbonyl (C=O) groups is 3. The highest BCUT2D eigenvalue weighted by molar-refractivity contribution is 6.53. The van der Waals surface area contributed by atoms with Crippen molar-refractivity contribution in [2.45, 2.75) is 27.7 Å². The molecule has 3 aromatic carbocycles. The molecule has 0 atom stereocenters. The van der Waals surface area contributed by atoms with Crippen LogP contribution in [0.15, 0.2) is 71.4 Å². The Hall–Kier alpha value is -3.90. The van der Waals surface area contributed by atoms with Crippen molar-refractivity contribution in [3.8, 4) is 0 Å². The number of carbonyl (C=O) groups excluding carboxylic acids is 3. The molecule has 0 spiro atoms. The molecule has 1 heterocycles. The van der Waals surface area contributed by atoms with Gasteiger partial charge in [-0.2, -0.15) is 0 Å². The standard InChI is InChI=1S/C27H24ClN3O3/c1-15-8-9-17(3)22(14-15)31-26(33)23(28)24(27(31)34)29-20-12-10-19(11-13-20)25(32)30-21-7-5-6-16(2)18(21)4/h5-14,29H,1-4H3,(H,30,32). The minimum Gasteiger partial charge on any atom is -0.350 e. The largest absolute Gasteiger partial charge is 0.350 e. The molecule has 0 aromatic heterocycles. The van der Waals surface area contributed by atoms with Crippen molar-refractivity contribution in [2.75, 3.05) is 15.5 Å². The Morgan fingerprint density at radius 3 is 2.26 bits per heavy atom. The Bertz CT molecular complexity index is 1360. The molecule has 172 valence electrons. The van der Waals surface area contributed by atoms with Crippen LogP contribution in [0.25, 0.3) is 0 Å². The van der Waals surface area contributed by atoms with Gasteiger partial charge in [0.1, 0.15) is 10.7 Å². The number of benzene rings is 3. The van der Waals surface area contributed by atoms with E-state index in [1.165, 1.54) is 0 Å². The lowest BCUT2D eigenvalue weighted by molar-refractivity contribution is -0.120. The highest BCUT2D eigenvalue weighted by Crippen LogP contribution is 2.32. The fourth-order valence-corrected chi connectivity index (χ4v) is 3.93. The van der Waals surface area contributed by atoms with Gasteiger partial charge in [-0.3, -0.25) is 14.4 Å². The molecule has 0 unspecified atom stereocenters. The molecule has 0 aliphatic carbocycles. The Balaban J connectivity index is 1.51. The van der Waals surface area contributed by atoms with Gasteiger partial charge in [0.25, 0.3) is 17.7 Å². The quantitative estimate of drug-likeness (QED) is 0.472. The lowest BCUT2D eigenvalue weighted by Gasteiger charge is -2.18. The molecule has 1 aliphatic rings. The van der Waals surface area contributed by atoms with Crippen molar-refractivity contribution < 1.29 is 14.4 Å². The van der Waals surface area contributed by atoms with Crippen molar-refractivity contribution in [2.24, 2.45) is 0 Å². The minimum atomic E-state index is -0.576. The first kappa shape index (κ1) is 23.3. The number of aryl methyl sites for hydroxylation is 3. The maximum atomic E-state index is 13.1. The molecule has 1 aliphatic heterocycles. The fourth-order valence-electron chi connectivity index (χ4n) is 3.72. The van der Waals surface area contributed by atoms with Gasteiger partial charge < -0.3 is 10.6 Å². The molecule has 0 bridgehead atoms. The van der Waals surface area contributed by atoms with Gasteiger partial charge in [0, 0.05) is 16.9 Å². The second-order valence-corrected chi connectivity index (χ2v) is 8.71. The van der Waals surface area contributed by atoms with E-state index < -0.39 is 11.8 Å². The van der Waals surface area contributed by atoms with E-state index in [1.807, 2.05) is 58.0 Å². The van der Waals surface area contributed by atoms with Crippen LogP contribution < -0.4 is 15.5 Å². The average Bonchev–Trinajstić information content (AvgIpc) is 3.02. The molecule has 0 saturated heterocycles. The first-order chi connectivity index (χ1) is 16.2. The molecule has 4 rings (SSSR count). The maximum absolute atomic E-state index is 13.1. The predicted molar refractivity (Wildman–Crippen MR) is 135 cm³/mol. The average molecular weight is 474 g/mol. The van der Waals surface area contributed by atoms with E-state index in [1.54, 1.807) is 30.3 Å². The number of imide groups is 1. The van der Waals surface area contributed by atoms with E-state index in [2.05, 4.69) is 10.6 Å². The van der Waals surface area contributed by atoms with Crippen LogP contribution in [-0.4, -0.2) is 17.7 Å². The number of hydrogen-bond acceptors (Lipinski definition) is 4. The van der Waals surface area contributed by atoms with E-state index in [9.17, 15) is 14.4 Å². The molecule has 3 aromatic rings. The minimum absolute atomic E-state index is 0.000148. The molecular weight excluding hydrogens is 450 g/mol. The number of hydrogen-bond donors (Lipinski definition) is 2. The molecule has 3 amide bonds. The van der Waals surface area contributed by atoms with Gasteiger partial charge in [-0.1, -0.05) is 35.9 Å². The zero-order valence-electron chi connectivity index (χ0n) is 19.3. The summed E-state index contributed by atoms with van der Waals surface area (Å²) in [4.78, 5) is 39.6. The first-order valence-corrected chi connectivity index (χ1v) is 11.2. The molecule has 0 saturated carbocycles. The van der Waals surface area contributed by atoms with Gasteiger partial charge in [-0.25, -0.2) is 4.90 Å². The summed E-state index contributed by atoms with van der Waals surface area (Å²) in [6.45, 7) is 7.66. The zero-order chi connectivity index (χ0) is 24.6. The van der Waals surface area contributed by atoms with Crippen molar-refractivity contribution in [1.29, 1.82) is 0 Å². The Kier molecular flexibility index (Phi) is 6.26. The van der Waals surface area contributed by atoms with Gasteiger partial charge >= 0.3 is 0 Å². The third kappa shape index (κ3) is 4.32. The van der Waals surface area contributed by atoms with E-state index in [0.717, 1.165) is 32.8 Å². The van der Waals surface area contributed by atoms with E-state index in [-0.39, 0.29) is 16.6 Å². The smallest absolute Gasteiger partial charge is 0.283 e. The van der Waals surface area contributed by atoms with Gasteiger partial charge in [-0.15, -0.1) is 0 Å². The molecular formula is C27H24ClN3O3. The van der Waals surface area contributed by atoms with Crippen LogP contribution in [0.1, 0.15) is 32.6 Å². The number of halogens is 1. The van der Waals surface area contributed by atoms with Gasteiger partial charge in [0.05, 0.1) is 5.69 Å². The summed E-state index contributed by atoms with van der Waals surface area (Å²) < 4.78 is 0. The summed E-state index contributed by atoms with van der Waals surface area (Å²) in [5.74, 6) is -1.35. The Morgan fingerprint density at radius 2 is 1.56 bits per heavy atom. The van der Waals surface area contributed by atoms with E-state index in [0.29, 0.717) is 16.9 Å². The number of nitrogens with zero attached hydrogens (tertiary/aromatic N) is 1. The molecule has 7 heteroatoms.